The standard InChI is InChI=1S/C18H20BrNS/c1-20(2)11-5-8-16-15-7-4-3-6-13(15)9-10-14-12-17(19)21-18(14)16/h3-4,6-8,12H,5,9-11H2,1-2H3/b16-8+. The van der Waals surface area contributed by atoms with Crippen molar-refractivity contribution in [1.29, 1.82) is 0 Å². The third-order valence-corrected chi connectivity index (χ3v) is 5.63. The molecule has 2 aromatic rings. The van der Waals surface area contributed by atoms with Crippen LogP contribution in [0.4, 0.5) is 0 Å². The number of aryl methyl sites for hydroxylation is 2. The van der Waals surface area contributed by atoms with E-state index in [1.807, 2.05) is 11.3 Å². The van der Waals surface area contributed by atoms with Gasteiger partial charge in [-0.05, 0) is 77.6 Å². The fraction of sp³-hybridized carbons (Fsp3) is 0.333. The summed E-state index contributed by atoms with van der Waals surface area (Å²) in [6.07, 6.45) is 5.79. The summed E-state index contributed by atoms with van der Waals surface area (Å²) in [5.74, 6) is 0. The molecule has 3 heteroatoms. The van der Waals surface area contributed by atoms with Crippen molar-refractivity contribution in [1.82, 2.24) is 4.90 Å². The van der Waals surface area contributed by atoms with Crippen LogP contribution in [0.3, 0.4) is 0 Å². The van der Waals surface area contributed by atoms with Gasteiger partial charge in [-0.3, -0.25) is 0 Å². The van der Waals surface area contributed by atoms with Crippen LogP contribution in [0.15, 0.2) is 40.2 Å². The van der Waals surface area contributed by atoms with Crippen molar-refractivity contribution in [2.24, 2.45) is 0 Å². The molecule has 1 aliphatic rings. The predicted octanol–water partition coefficient (Wildman–Crippen LogP) is 4.99. The molecule has 1 aliphatic carbocycles. The summed E-state index contributed by atoms with van der Waals surface area (Å²) in [6, 6.07) is 11.2. The Morgan fingerprint density at radius 1 is 1.19 bits per heavy atom. The maximum absolute atomic E-state index is 3.66. The third kappa shape index (κ3) is 3.31. The largest absolute Gasteiger partial charge is 0.309 e. The van der Waals surface area contributed by atoms with Crippen LogP contribution in [0.5, 0.6) is 0 Å². The van der Waals surface area contributed by atoms with E-state index in [0.717, 1.165) is 25.8 Å². The van der Waals surface area contributed by atoms with Crippen molar-refractivity contribution in [2.45, 2.75) is 19.3 Å². The lowest BCUT2D eigenvalue weighted by Crippen LogP contribution is -2.12. The first-order valence-corrected chi connectivity index (χ1v) is 8.98. The molecule has 0 aliphatic heterocycles. The maximum Gasteiger partial charge on any atom is 0.0707 e. The molecular formula is C18H20BrNS. The second-order valence-corrected chi connectivity index (χ2v) is 8.20. The maximum atomic E-state index is 3.66. The normalized spacial score (nSPS) is 15.9. The van der Waals surface area contributed by atoms with Gasteiger partial charge in [0, 0.05) is 11.4 Å². The number of rotatable bonds is 3. The molecule has 0 spiro atoms. The second-order valence-electron chi connectivity index (χ2n) is 5.77. The molecule has 1 aromatic heterocycles. The minimum atomic E-state index is 1.09. The van der Waals surface area contributed by atoms with Crippen LogP contribution in [0, 0.1) is 0 Å². The van der Waals surface area contributed by atoms with Crippen LogP contribution >= 0.6 is 27.3 Å². The molecule has 1 aromatic carbocycles. The zero-order chi connectivity index (χ0) is 14.8. The molecule has 3 rings (SSSR count). The first kappa shape index (κ1) is 15.0. The molecule has 1 nitrogen and oxygen atoms in total. The number of benzene rings is 1. The smallest absolute Gasteiger partial charge is 0.0707 e. The zero-order valence-corrected chi connectivity index (χ0v) is 14.9. The average molecular weight is 362 g/mol. The van der Waals surface area contributed by atoms with Gasteiger partial charge in [0.1, 0.15) is 0 Å². The lowest BCUT2D eigenvalue weighted by atomic mass is 9.98. The minimum Gasteiger partial charge on any atom is -0.309 e. The van der Waals surface area contributed by atoms with E-state index in [-0.39, 0.29) is 0 Å². The monoisotopic (exact) mass is 361 g/mol. The van der Waals surface area contributed by atoms with Gasteiger partial charge in [0.25, 0.3) is 0 Å². The molecule has 21 heavy (non-hydrogen) atoms. The zero-order valence-electron chi connectivity index (χ0n) is 12.5. The van der Waals surface area contributed by atoms with Gasteiger partial charge in [0.15, 0.2) is 0 Å². The number of halogens is 1. The number of hydrogen-bond acceptors (Lipinski definition) is 2. The van der Waals surface area contributed by atoms with E-state index in [2.05, 4.69) is 71.3 Å². The first-order chi connectivity index (χ1) is 10.1. The molecule has 0 N–H and O–H groups in total. The third-order valence-electron chi connectivity index (χ3n) is 3.92. The SMILES string of the molecule is CN(C)CC/C=C1\c2ccccc2CCc2cc(Br)sc21. The van der Waals surface area contributed by atoms with Crippen molar-refractivity contribution in [3.63, 3.8) is 0 Å². The summed E-state index contributed by atoms with van der Waals surface area (Å²) >= 11 is 5.53. The minimum absolute atomic E-state index is 1.09. The highest BCUT2D eigenvalue weighted by atomic mass is 79.9. The molecule has 0 saturated carbocycles. The summed E-state index contributed by atoms with van der Waals surface area (Å²) in [7, 11) is 4.26. The van der Waals surface area contributed by atoms with E-state index in [1.54, 1.807) is 0 Å². The van der Waals surface area contributed by atoms with Crippen LogP contribution in [0.1, 0.15) is 28.0 Å². The number of nitrogens with zero attached hydrogens (tertiary/aromatic N) is 1. The van der Waals surface area contributed by atoms with Gasteiger partial charge in [0.2, 0.25) is 0 Å². The van der Waals surface area contributed by atoms with Gasteiger partial charge in [0.05, 0.1) is 3.79 Å². The van der Waals surface area contributed by atoms with Crippen LogP contribution in [-0.2, 0) is 12.8 Å². The molecular weight excluding hydrogens is 342 g/mol. The summed E-state index contributed by atoms with van der Waals surface area (Å²) in [6.45, 7) is 1.09. The Morgan fingerprint density at radius 3 is 2.76 bits per heavy atom. The summed E-state index contributed by atoms with van der Waals surface area (Å²) in [4.78, 5) is 3.69. The Kier molecular flexibility index (Phi) is 4.63. The molecule has 110 valence electrons. The lowest BCUT2D eigenvalue weighted by Gasteiger charge is -2.11. The second kappa shape index (κ2) is 6.47. The summed E-state index contributed by atoms with van der Waals surface area (Å²) in [5.41, 5.74) is 5.81. The summed E-state index contributed by atoms with van der Waals surface area (Å²) < 4.78 is 1.24. The first-order valence-electron chi connectivity index (χ1n) is 7.37. The quantitative estimate of drug-likeness (QED) is 0.743. The Balaban J connectivity index is 2.06. The van der Waals surface area contributed by atoms with Crippen molar-refractivity contribution in [3.8, 4) is 0 Å². The van der Waals surface area contributed by atoms with Crippen molar-refractivity contribution < 1.29 is 0 Å². The van der Waals surface area contributed by atoms with Crippen LogP contribution in [-0.4, -0.2) is 25.5 Å². The van der Waals surface area contributed by atoms with Crippen molar-refractivity contribution in [3.05, 3.63) is 61.8 Å². The average Bonchev–Trinajstić information content (AvgIpc) is 2.76. The van der Waals surface area contributed by atoms with E-state index >= 15 is 0 Å². The van der Waals surface area contributed by atoms with E-state index in [0.29, 0.717) is 0 Å². The number of fused-ring (bicyclic) bond motifs is 2. The number of hydrogen-bond donors (Lipinski definition) is 0. The highest BCUT2D eigenvalue weighted by Gasteiger charge is 2.20. The van der Waals surface area contributed by atoms with E-state index in [9.17, 15) is 0 Å². The Hall–Kier alpha value is -0.900. The molecule has 0 unspecified atom stereocenters. The van der Waals surface area contributed by atoms with E-state index < -0.39 is 0 Å². The van der Waals surface area contributed by atoms with Crippen LogP contribution in [0.25, 0.3) is 5.57 Å². The lowest BCUT2D eigenvalue weighted by molar-refractivity contribution is 0.417. The Labute approximate surface area is 139 Å². The molecule has 0 radical (unpaired) electrons. The van der Waals surface area contributed by atoms with Gasteiger partial charge in [-0.15, -0.1) is 11.3 Å². The van der Waals surface area contributed by atoms with Gasteiger partial charge in [-0.1, -0.05) is 30.3 Å². The highest BCUT2D eigenvalue weighted by molar-refractivity contribution is 9.11. The molecule has 0 saturated heterocycles. The van der Waals surface area contributed by atoms with Gasteiger partial charge in [-0.25, -0.2) is 0 Å². The topological polar surface area (TPSA) is 3.24 Å². The van der Waals surface area contributed by atoms with Crippen LogP contribution < -0.4 is 0 Å². The molecule has 0 fully saturated rings. The molecule has 1 heterocycles. The molecule has 0 atom stereocenters. The Morgan fingerprint density at radius 2 is 1.95 bits per heavy atom. The van der Waals surface area contributed by atoms with E-state index in [1.165, 1.54) is 30.9 Å². The van der Waals surface area contributed by atoms with Crippen molar-refractivity contribution in [2.75, 3.05) is 20.6 Å². The van der Waals surface area contributed by atoms with Crippen LogP contribution in [0.2, 0.25) is 0 Å². The Bertz CT molecular complexity index is 670. The molecule has 0 amide bonds. The fourth-order valence-corrected chi connectivity index (χ4v) is 4.62. The molecule has 0 bridgehead atoms. The number of thiophene rings is 1. The fourth-order valence-electron chi connectivity index (χ4n) is 2.87. The van der Waals surface area contributed by atoms with Gasteiger partial charge >= 0.3 is 0 Å². The predicted molar refractivity (Wildman–Crippen MR) is 96.1 cm³/mol. The van der Waals surface area contributed by atoms with Crippen molar-refractivity contribution >= 4 is 32.8 Å². The highest BCUT2D eigenvalue weighted by Crippen LogP contribution is 2.40. The van der Waals surface area contributed by atoms with E-state index in [4.69, 9.17) is 0 Å². The summed E-state index contributed by atoms with van der Waals surface area (Å²) in [5, 5.41) is 0. The van der Waals surface area contributed by atoms with Gasteiger partial charge < -0.3 is 4.90 Å². The van der Waals surface area contributed by atoms with Gasteiger partial charge in [-0.2, -0.15) is 0 Å².